The fraction of sp³-hybridized carbons (Fsp3) is 0.333. The van der Waals surface area contributed by atoms with Gasteiger partial charge in [-0.25, -0.2) is 0 Å². The van der Waals surface area contributed by atoms with Gasteiger partial charge < -0.3 is 9.84 Å². The minimum atomic E-state index is -4.60. The molecule has 0 aliphatic rings. The smallest absolute Gasteiger partial charge is 0.869 e. The van der Waals surface area contributed by atoms with E-state index in [0.29, 0.717) is 17.7 Å². The molecule has 2 aromatic carbocycles. The molecule has 0 saturated carbocycles. The molecule has 0 fully saturated rings. The average Bonchev–Trinajstić information content (AvgIpc) is 2.54. The summed E-state index contributed by atoms with van der Waals surface area (Å²) < 4.78 is 37.8. The molecule has 7 heteroatoms. The Morgan fingerprint density at radius 3 is 2.36 bits per heavy atom. The first kappa shape index (κ1) is 22.0. The van der Waals surface area contributed by atoms with E-state index in [1.165, 1.54) is 6.07 Å². The van der Waals surface area contributed by atoms with Crippen molar-refractivity contribution in [1.29, 1.82) is 0 Å². The molecule has 5 nitrogen and oxygen atoms in total. The van der Waals surface area contributed by atoms with E-state index in [9.17, 15) is 18.1 Å². The van der Waals surface area contributed by atoms with Crippen LogP contribution in [0, 0.1) is 0 Å². The molecule has 0 saturated heterocycles. The van der Waals surface area contributed by atoms with Crippen LogP contribution in [-0.4, -0.2) is 13.0 Å². The summed E-state index contributed by atoms with van der Waals surface area (Å²) in [6.45, 7) is 2.11. The first-order valence-electron chi connectivity index (χ1n) is 7.96. The van der Waals surface area contributed by atoms with E-state index in [-0.39, 0.29) is 35.3 Å². The van der Waals surface area contributed by atoms with Crippen molar-refractivity contribution in [1.82, 2.24) is 0 Å². The van der Waals surface area contributed by atoms with Gasteiger partial charge in [0.25, 0.3) is 10.1 Å². The maximum Gasteiger partial charge on any atom is 1.00 e. The molecule has 0 aliphatic heterocycles. The van der Waals surface area contributed by atoms with Crippen molar-refractivity contribution in [3.8, 4) is 17.2 Å². The Hall–Kier alpha value is -1.05. The first-order valence-corrected chi connectivity index (χ1v) is 9.40. The summed E-state index contributed by atoms with van der Waals surface area (Å²) in [5, 5.41) is 12.3. The van der Waals surface area contributed by atoms with Crippen molar-refractivity contribution in [3.05, 3.63) is 48.0 Å². The Labute approximate surface area is 171 Å². The number of unbranched alkanes of at least 4 members (excludes halogenated alkanes) is 3. The third kappa shape index (κ3) is 6.64. The number of rotatable bonds is 8. The summed E-state index contributed by atoms with van der Waals surface area (Å²) in [4.78, 5) is -0.638. The Balaban J connectivity index is 0.00000312. The van der Waals surface area contributed by atoms with E-state index in [1.807, 2.05) is 0 Å². The zero-order valence-corrected chi connectivity index (χ0v) is 17.4. The molecule has 0 radical (unpaired) electrons. The quantitative estimate of drug-likeness (QED) is 0.423. The SMILES string of the molecule is CCCCCCc1cc(Oc2ccccc2)c([O-])c(S(=O)(=O)O)c1.[Na+]. The van der Waals surface area contributed by atoms with Gasteiger partial charge in [0.15, 0.2) is 0 Å². The molecule has 0 aromatic heterocycles. The van der Waals surface area contributed by atoms with Gasteiger partial charge in [0, 0.05) is 0 Å². The summed E-state index contributed by atoms with van der Waals surface area (Å²) >= 11 is 0. The van der Waals surface area contributed by atoms with Crippen LogP contribution in [0.2, 0.25) is 0 Å². The molecule has 0 bridgehead atoms. The van der Waals surface area contributed by atoms with Crippen LogP contribution < -0.4 is 39.4 Å². The van der Waals surface area contributed by atoms with Crippen LogP contribution in [0.4, 0.5) is 0 Å². The molecule has 25 heavy (non-hydrogen) atoms. The number of hydrogen-bond donors (Lipinski definition) is 1. The average molecular weight is 372 g/mol. The Morgan fingerprint density at radius 1 is 1.08 bits per heavy atom. The van der Waals surface area contributed by atoms with E-state index in [2.05, 4.69) is 6.92 Å². The third-order valence-electron chi connectivity index (χ3n) is 3.65. The van der Waals surface area contributed by atoms with Crippen LogP contribution in [0.25, 0.3) is 0 Å². The van der Waals surface area contributed by atoms with Gasteiger partial charge in [0.2, 0.25) is 0 Å². The van der Waals surface area contributed by atoms with Gasteiger partial charge >= 0.3 is 29.6 Å². The summed E-state index contributed by atoms with van der Waals surface area (Å²) in [6, 6.07) is 11.4. The van der Waals surface area contributed by atoms with E-state index in [1.54, 1.807) is 36.4 Å². The predicted octanol–water partition coefficient (Wildman–Crippen LogP) is 0.926. The van der Waals surface area contributed by atoms with Gasteiger partial charge in [-0.15, -0.1) is 0 Å². The molecular formula is C18H21NaO5S. The first-order chi connectivity index (χ1) is 11.4. The number of para-hydroxylation sites is 1. The number of hydrogen-bond acceptors (Lipinski definition) is 4. The van der Waals surface area contributed by atoms with Gasteiger partial charge in [0.1, 0.15) is 11.5 Å². The topological polar surface area (TPSA) is 86.7 Å². The summed E-state index contributed by atoms with van der Waals surface area (Å²) in [6.07, 6.45) is 4.71. The van der Waals surface area contributed by atoms with Crippen LogP contribution in [-0.2, 0) is 16.5 Å². The van der Waals surface area contributed by atoms with E-state index >= 15 is 0 Å². The minimum Gasteiger partial charge on any atom is -0.869 e. The molecule has 2 aromatic rings. The number of ether oxygens (including phenoxy) is 1. The van der Waals surface area contributed by atoms with Gasteiger partial charge in [-0.3, -0.25) is 4.55 Å². The summed E-state index contributed by atoms with van der Waals surface area (Å²) in [5.41, 5.74) is 0.657. The van der Waals surface area contributed by atoms with E-state index < -0.39 is 20.8 Å². The minimum absolute atomic E-state index is 0. The van der Waals surface area contributed by atoms with Crippen molar-refractivity contribution < 1.29 is 52.4 Å². The van der Waals surface area contributed by atoms with Gasteiger partial charge in [-0.1, -0.05) is 44.4 Å². The van der Waals surface area contributed by atoms with Crippen molar-refractivity contribution in [2.45, 2.75) is 43.9 Å². The second-order valence-electron chi connectivity index (χ2n) is 5.62. The van der Waals surface area contributed by atoms with Crippen molar-refractivity contribution in [2.24, 2.45) is 0 Å². The maximum absolute atomic E-state index is 12.3. The van der Waals surface area contributed by atoms with Gasteiger partial charge in [-0.05, 0) is 48.4 Å². The molecule has 0 aliphatic carbocycles. The van der Waals surface area contributed by atoms with Crippen LogP contribution >= 0.6 is 0 Å². The molecule has 0 atom stereocenters. The number of aryl methyl sites for hydroxylation is 1. The Bertz CT molecular complexity index is 776. The Kier molecular flexibility index (Phi) is 8.96. The second kappa shape index (κ2) is 10.2. The third-order valence-corrected chi connectivity index (χ3v) is 4.51. The predicted molar refractivity (Wildman–Crippen MR) is 90.1 cm³/mol. The van der Waals surface area contributed by atoms with Crippen LogP contribution in [0.3, 0.4) is 0 Å². The zero-order chi connectivity index (χ0) is 17.6. The van der Waals surface area contributed by atoms with Crippen molar-refractivity contribution >= 4 is 10.1 Å². The largest absolute Gasteiger partial charge is 1.00 e. The van der Waals surface area contributed by atoms with E-state index in [0.717, 1.165) is 25.7 Å². The molecule has 1 N–H and O–H groups in total. The fourth-order valence-electron chi connectivity index (χ4n) is 2.41. The molecular weight excluding hydrogens is 351 g/mol. The second-order valence-corrected chi connectivity index (χ2v) is 7.01. The molecule has 0 unspecified atom stereocenters. The van der Waals surface area contributed by atoms with Crippen LogP contribution in [0.1, 0.15) is 38.2 Å². The van der Waals surface area contributed by atoms with Crippen molar-refractivity contribution in [3.63, 3.8) is 0 Å². The molecule has 0 amide bonds. The maximum atomic E-state index is 12.3. The van der Waals surface area contributed by atoms with Crippen LogP contribution in [0.5, 0.6) is 17.2 Å². The molecule has 2 rings (SSSR count). The molecule has 0 heterocycles. The summed E-state index contributed by atoms with van der Waals surface area (Å²) in [7, 11) is -4.60. The van der Waals surface area contributed by atoms with Crippen LogP contribution in [0.15, 0.2) is 47.4 Å². The molecule has 130 valence electrons. The van der Waals surface area contributed by atoms with Gasteiger partial charge in [0.05, 0.1) is 4.90 Å². The number of benzene rings is 2. The Morgan fingerprint density at radius 2 is 1.76 bits per heavy atom. The van der Waals surface area contributed by atoms with E-state index in [4.69, 9.17) is 4.74 Å². The van der Waals surface area contributed by atoms with Gasteiger partial charge in [-0.2, -0.15) is 8.42 Å². The zero-order valence-electron chi connectivity index (χ0n) is 14.6. The normalized spacial score (nSPS) is 11.0. The fourth-order valence-corrected chi connectivity index (χ4v) is 3.05. The monoisotopic (exact) mass is 372 g/mol. The standard InChI is InChI=1S/C18H22O5S.Na/c1-2-3-4-6-9-14-12-16(23-15-10-7-5-8-11-15)18(19)17(13-14)24(20,21)22;/h5,7-8,10-13,19H,2-4,6,9H2,1H3,(H,20,21,22);/q;+1/p-1. The summed E-state index contributed by atoms with van der Waals surface area (Å²) in [5.74, 6) is -0.500. The molecule has 0 spiro atoms. The van der Waals surface area contributed by atoms with Crippen molar-refractivity contribution in [2.75, 3.05) is 0 Å².